The summed E-state index contributed by atoms with van der Waals surface area (Å²) < 4.78 is 6.05. The maximum atomic E-state index is 13.9. The highest BCUT2D eigenvalue weighted by molar-refractivity contribution is 6.35. The van der Waals surface area contributed by atoms with Gasteiger partial charge in [-0.05, 0) is 55.5 Å². The summed E-state index contributed by atoms with van der Waals surface area (Å²) in [7, 11) is 0. The summed E-state index contributed by atoms with van der Waals surface area (Å²) in [6, 6.07) is 27.5. The van der Waals surface area contributed by atoms with Crippen LogP contribution in [0.2, 0.25) is 10.0 Å². The van der Waals surface area contributed by atoms with Crippen LogP contribution in [0.25, 0.3) is 10.8 Å². The molecule has 0 aliphatic carbocycles. The second kappa shape index (κ2) is 12.5. The molecule has 0 saturated heterocycles. The lowest BCUT2D eigenvalue weighted by atomic mass is 10.0. The molecule has 0 saturated carbocycles. The summed E-state index contributed by atoms with van der Waals surface area (Å²) in [5, 5.41) is 5.89. The van der Waals surface area contributed by atoms with Gasteiger partial charge in [0.05, 0.1) is 0 Å². The second-order valence-corrected chi connectivity index (χ2v) is 11.3. The second-order valence-electron chi connectivity index (χ2n) is 10.5. The smallest absolute Gasteiger partial charge is 0.261 e. The van der Waals surface area contributed by atoms with Gasteiger partial charge in [0.2, 0.25) is 5.91 Å². The van der Waals surface area contributed by atoms with Gasteiger partial charge in [-0.3, -0.25) is 9.59 Å². The van der Waals surface area contributed by atoms with Crippen LogP contribution >= 0.6 is 23.2 Å². The Labute approximate surface area is 239 Å². The van der Waals surface area contributed by atoms with Crippen LogP contribution in [-0.4, -0.2) is 34.9 Å². The molecule has 1 N–H and O–H groups in total. The van der Waals surface area contributed by atoms with E-state index in [9.17, 15) is 9.59 Å². The molecule has 4 rings (SSSR count). The monoisotopic (exact) mass is 562 g/mol. The summed E-state index contributed by atoms with van der Waals surface area (Å²) in [5.41, 5.74) is 1.13. The zero-order valence-corrected chi connectivity index (χ0v) is 23.8. The fourth-order valence-electron chi connectivity index (χ4n) is 4.38. The molecule has 39 heavy (non-hydrogen) atoms. The molecule has 0 fully saturated rings. The summed E-state index contributed by atoms with van der Waals surface area (Å²) in [6.07, 6.45) is 0.327. The Bertz CT molecular complexity index is 1450. The van der Waals surface area contributed by atoms with Gasteiger partial charge in [0.15, 0.2) is 6.61 Å². The maximum Gasteiger partial charge on any atom is 0.261 e. The molecule has 0 radical (unpaired) electrons. The number of ether oxygens (including phenoxy) is 1. The average Bonchev–Trinajstić information content (AvgIpc) is 2.90. The average molecular weight is 564 g/mol. The van der Waals surface area contributed by atoms with Gasteiger partial charge in [0.1, 0.15) is 11.8 Å². The van der Waals surface area contributed by atoms with Crippen molar-refractivity contribution in [1.29, 1.82) is 0 Å². The topological polar surface area (TPSA) is 58.6 Å². The highest BCUT2D eigenvalue weighted by atomic mass is 35.5. The minimum atomic E-state index is -0.804. The van der Waals surface area contributed by atoms with Crippen molar-refractivity contribution < 1.29 is 14.3 Å². The number of nitrogens with one attached hydrogen (secondary N) is 1. The third kappa shape index (κ3) is 7.75. The first-order valence-electron chi connectivity index (χ1n) is 12.8. The van der Waals surface area contributed by atoms with Crippen molar-refractivity contribution in [2.45, 2.75) is 45.3 Å². The molecule has 0 aliphatic rings. The van der Waals surface area contributed by atoms with Gasteiger partial charge in [-0.2, -0.15) is 0 Å². The molecule has 1 atom stereocenters. The van der Waals surface area contributed by atoms with Crippen molar-refractivity contribution in [1.82, 2.24) is 10.2 Å². The van der Waals surface area contributed by atoms with E-state index in [1.165, 1.54) is 0 Å². The van der Waals surface area contributed by atoms with Crippen LogP contribution < -0.4 is 10.1 Å². The number of carbonyl (C=O) groups excluding carboxylic acids is 2. The molecule has 0 bridgehead atoms. The fourth-order valence-corrected chi connectivity index (χ4v) is 4.85. The summed E-state index contributed by atoms with van der Waals surface area (Å²) >= 11 is 12.6. The van der Waals surface area contributed by atoms with E-state index in [0.29, 0.717) is 27.8 Å². The van der Waals surface area contributed by atoms with E-state index in [0.717, 1.165) is 16.3 Å². The number of rotatable bonds is 9. The van der Waals surface area contributed by atoms with Crippen LogP contribution in [0, 0.1) is 0 Å². The van der Waals surface area contributed by atoms with Crippen LogP contribution in [0.4, 0.5) is 0 Å². The lowest BCUT2D eigenvalue weighted by molar-refractivity contribution is -0.143. The van der Waals surface area contributed by atoms with Crippen LogP contribution in [-0.2, 0) is 22.6 Å². The first-order valence-corrected chi connectivity index (χ1v) is 13.6. The molecule has 0 aromatic heterocycles. The Hall–Kier alpha value is -3.54. The van der Waals surface area contributed by atoms with Gasteiger partial charge >= 0.3 is 0 Å². The van der Waals surface area contributed by atoms with Crippen molar-refractivity contribution in [2.24, 2.45) is 0 Å². The standard InChI is InChI=1S/C32H32Cl2N2O3/c1-32(2,3)35-31(38)28(18-22-10-5-4-6-11-22)36(20-24-16-17-25(33)19-27(24)34)30(37)21-39-29-15-9-13-23-12-7-8-14-26(23)29/h4-17,19,28H,18,20-21H2,1-3H3,(H,35,38)/t28-/m0/s1. The minimum Gasteiger partial charge on any atom is -0.483 e. The van der Waals surface area contributed by atoms with Crippen LogP contribution in [0.15, 0.2) is 91.0 Å². The molecule has 5 nitrogen and oxygen atoms in total. The summed E-state index contributed by atoms with van der Waals surface area (Å²) in [5.74, 6) is 0.0126. The molecule has 4 aromatic rings. The molecule has 0 aliphatic heterocycles. The number of hydrogen-bond acceptors (Lipinski definition) is 3. The van der Waals surface area contributed by atoms with E-state index < -0.39 is 11.6 Å². The number of fused-ring (bicyclic) bond motifs is 1. The van der Waals surface area contributed by atoms with Gasteiger partial charge in [0, 0.05) is 33.9 Å². The Morgan fingerprint density at radius 1 is 0.897 bits per heavy atom. The predicted molar refractivity (Wildman–Crippen MR) is 158 cm³/mol. The van der Waals surface area contributed by atoms with Crippen molar-refractivity contribution >= 4 is 45.8 Å². The number of halogens is 2. The Kier molecular flexibility index (Phi) is 9.16. The van der Waals surface area contributed by atoms with Gasteiger partial charge in [-0.25, -0.2) is 0 Å². The van der Waals surface area contributed by atoms with E-state index in [1.54, 1.807) is 23.1 Å². The van der Waals surface area contributed by atoms with Crippen LogP contribution in [0.5, 0.6) is 5.75 Å². The zero-order valence-electron chi connectivity index (χ0n) is 22.3. The predicted octanol–water partition coefficient (Wildman–Crippen LogP) is 7.08. The summed E-state index contributed by atoms with van der Waals surface area (Å²) in [4.78, 5) is 29.1. The quantitative estimate of drug-likeness (QED) is 0.237. The van der Waals surface area contributed by atoms with E-state index in [-0.39, 0.29) is 25.0 Å². The number of benzene rings is 4. The SMILES string of the molecule is CC(C)(C)NC(=O)[C@H](Cc1ccccc1)N(Cc1ccc(Cl)cc1Cl)C(=O)COc1cccc2ccccc12. The van der Waals surface area contributed by atoms with Crippen molar-refractivity contribution in [2.75, 3.05) is 6.61 Å². The largest absolute Gasteiger partial charge is 0.483 e. The molecular weight excluding hydrogens is 531 g/mol. The number of nitrogens with zero attached hydrogens (tertiary/aromatic N) is 1. The molecule has 7 heteroatoms. The molecule has 0 heterocycles. The highest BCUT2D eigenvalue weighted by Crippen LogP contribution is 2.27. The third-order valence-electron chi connectivity index (χ3n) is 6.23. The number of amides is 2. The number of carbonyl (C=O) groups is 2. The Balaban J connectivity index is 1.68. The van der Waals surface area contributed by atoms with Gasteiger partial charge in [0.25, 0.3) is 5.91 Å². The molecule has 202 valence electrons. The lowest BCUT2D eigenvalue weighted by Gasteiger charge is -2.34. The fraction of sp³-hybridized carbons (Fsp3) is 0.250. The van der Waals surface area contributed by atoms with Crippen molar-refractivity contribution in [3.8, 4) is 5.75 Å². The van der Waals surface area contributed by atoms with Gasteiger partial charge < -0.3 is 15.0 Å². The van der Waals surface area contributed by atoms with Crippen molar-refractivity contribution in [3.63, 3.8) is 0 Å². The highest BCUT2D eigenvalue weighted by Gasteiger charge is 2.33. The van der Waals surface area contributed by atoms with Crippen LogP contribution in [0.1, 0.15) is 31.9 Å². The molecular formula is C32H32Cl2N2O3. The lowest BCUT2D eigenvalue weighted by Crippen LogP contribution is -2.55. The van der Waals surface area contributed by atoms with Crippen molar-refractivity contribution in [3.05, 3.63) is 112 Å². The maximum absolute atomic E-state index is 13.9. The minimum absolute atomic E-state index is 0.114. The molecule has 0 unspecified atom stereocenters. The normalized spacial score (nSPS) is 12.1. The third-order valence-corrected chi connectivity index (χ3v) is 6.81. The first kappa shape index (κ1) is 28.5. The van der Waals surface area contributed by atoms with E-state index in [2.05, 4.69) is 5.32 Å². The number of hydrogen-bond donors (Lipinski definition) is 1. The molecule has 2 amide bonds. The molecule has 4 aromatic carbocycles. The first-order chi connectivity index (χ1) is 18.6. The zero-order chi connectivity index (χ0) is 28.0. The van der Waals surface area contributed by atoms with E-state index in [4.69, 9.17) is 27.9 Å². The van der Waals surface area contributed by atoms with Gasteiger partial charge in [-0.1, -0.05) is 96.0 Å². The van der Waals surface area contributed by atoms with Crippen LogP contribution in [0.3, 0.4) is 0 Å². The van der Waals surface area contributed by atoms with Gasteiger partial charge in [-0.15, -0.1) is 0 Å². The van der Waals surface area contributed by atoms with E-state index in [1.807, 2.05) is 93.6 Å². The molecule has 0 spiro atoms. The Morgan fingerprint density at radius 2 is 1.59 bits per heavy atom. The summed E-state index contributed by atoms with van der Waals surface area (Å²) in [6.45, 7) is 5.61. The van der Waals surface area contributed by atoms with E-state index >= 15 is 0 Å². The Morgan fingerprint density at radius 3 is 2.31 bits per heavy atom.